The van der Waals surface area contributed by atoms with E-state index in [4.69, 9.17) is 4.74 Å². The number of hydrogen-bond acceptors (Lipinski definition) is 3. The fourth-order valence-corrected chi connectivity index (χ4v) is 2.78. The van der Waals surface area contributed by atoms with Gasteiger partial charge in [0.1, 0.15) is 5.75 Å². The predicted octanol–water partition coefficient (Wildman–Crippen LogP) is 2.21. The standard InChI is InChI=1S/C15H21NO3/c1-4-11-14(17)16(10-9-15(11,2)18)12-7-5-6-8-13(12)19-3/h5-8,11,18H,4,9-10H2,1-3H3/t11-,15+/m0/s1. The van der Waals surface area contributed by atoms with Gasteiger partial charge in [0.25, 0.3) is 0 Å². The third-order valence-corrected chi connectivity index (χ3v) is 3.94. The number of ether oxygens (including phenoxy) is 1. The number of carbonyl (C=O) groups is 1. The largest absolute Gasteiger partial charge is 0.495 e. The summed E-state index contributed by atoms with van der Waals surface area (Å²) in [6.45, 7) is 4.20. The van der Waals surface area contributed by atoms with Gasteiger partial charge >= 0.3 is 0 Å². The van der Waals surface area contributed by atoms with Crippen LogP contribution in [0.2, 0.25) is 0 Å². The van der Waals surface area contributed by atoms with Gasteiger partial charge in [0.15, 0.2) is 0 Å². The van der Waals surface area contributed by atoms with Gasteiger partial charge in [-0.25, -0.2) is 0 Å². The van der Waals surface area contributed by atoms with Crippen molar-refractivity contribution in [1.82, 2.24) is 0 Å². The Morgan fingerprint density at radius 1 is 1.47 bits per heavy atom. The predicted molar refractivity (Wildman–Crippen MR) is 74.4 cm³/mol. The third-order valence-electron chi connectivity index (χ3n) is 3.94. The van der Waals surface area contributed by atoms with Crippen LogP contribution in [-0.4, -0.2) is 30.3 Å². The highest BCUT2D eigenvalue weighted by Gasteiger charge is 2.43. The van der Waals surface area contributed by atoms with Crippen LogP contribution in [0.1, 0.15) is 26.7 Å². The van der Waals surface area contributed by atoms with Crippen molar-refractivity contribution in [2.75, 3.05) is 18.6 Å². The van der Waals surface area contributed by atoms with E-state index in [0.29, 0.717) is 25.1 Å². The van der Waals surface area contributed by atoms with E-state index in [1.54, 1.807) is 18.9 Å². The van der Waals surface area contributed by atoms with Crippen molar-refractivity contribution < 1.29 is 14.6 Å². The molecule has 1 aromatic rings. The number of para-hydroxylation sites is 2. The Hall–Kier alpha value is -1.55. The summed E-state index contributed by atoms with van der Waals surface area (Å²) in [5.41, 5.74) is -0.131. The Balaban J connectivity index is 2.34. The molecule has 1 saturated heterocycles. The van der Waals surface area contributed by atoms with Gasteiger partial charge in [-0.05, 0) is 31.9 Å². The van der Waals surface area contributed by atoms with E-state index in [1.807, 2.05) is 31.2 Å². The smallest absolute Gasteiger partial charge is 0.233 e. The molecule has 0 saturated carbocycles. The maximum atomic E-state index is 12.6. The summed E-state index contributed by atoms with van der Waals surface area (Å²) in [4.78, 5) is 14.3. The highest BCUT2D eigenvalue weighted by Crippen LogP contribution is 2.36. The fourth-order valence-electron chi connectivity index (χ4n) is 2.78. The zero-order valence-electron chi connectivity index (χ0n) is 11.7. The second kappa shape index (κ2) is 5.21. The fraction of sp³-hybridized carbons (Fsp3) is 0.533. The van der Waals surface area contributed by atoms with Crippen LogP contribution < -0.4 is 9.64 Å². The molecule has 1 fully saturated rings. The van der Waals surface area contributed by atoms with Gasteiger partial charge in [-0.2, -0.15) is 0 Å². The van der Waals surface area contributed by atoms with Gasteiger partial charge < -0.3 is 14.7 Å². The highest BCUT2D eigenvalue weighted by molar-refractivity contribution is 5.97. The molecule has 4 nitrogen and oxygen atoms in total. The van der Waals surface area contributed by atoms with Gasteiger partial charge in [0.2, 0.25) is 5.91 Å². The summed E-state index contributed by atoms with van der Waals surface area (Å²) in [6.07, 6.45) is 1.22. The number of carbonyl (C=O) groups excluding carboxylic acids is 1. The molecule has 1 heterocycles. The van der Waals surface area contributed by atoms with Crippen LogP contribution in [0.15, 0.2) is 24.3 Å². The minimum absolute atomic E-state index is 0.0248. The molecule has 0 spiro atoms. The zero-order chi connectivity index (χ0) is 14.0. The molecule has 19 heavy (non-hydrogen) atoms. The third kappa shape index (κ3) is 2.45. The van der Waals surface area contributed by atoms with E-state index in [1.165, 1.54) is 0 Å². The topological polar surface area (TPSA) is 49.8 Å². The van der Waals surface area contributed by atoms with E-state index >= 15 is 0 Å². The number of aliphatic hydroxyl groups is 1. The molecule has 2 rings (SSSR count). The van der Waals surface area contributed by atoms with E-state index in [9.17, 15) is 9.90 Å². The van der Waals surface area contributed by atoms with Gasteiger partial charge in [-0.15, -0.1) is 0 Å². The second-order valence-electron chi connectivity index (χ2n) is 5.23. The molecule has 1 aliphatic rings. The first-order valence-corrected chi connectivity index (χ1v) is 6.68. The number of piperidine rings is 1. The average Bonchev–Trinajstić information content (AvgIpc) is 2.39. The molecule has 1 aliphatic heterocycles. The van der Waals surface area contributed by atoms with Crippen LogP contribution in [0.25, 0.3) is 0 Å². The highest BCUT2D eigenvalue weighted by atomic mass is 16.5. The number of rotatable bonds is 3. The van der Waals surface area contributed by atoms with Crippen molar-refractivity contribution in [2.45, 2.75) is 32.3 Å². The van der Waals surface area contributed by atoms with Gasteiger partial charge in [-0.1, -0.05) is 19.1 Å². The molecule has 0 aliphatic carbocycles. The van der Waals surface area contributed by atoms with E-state index in [2.05, 4.69) is 0 Å². The van der Waals surface area contributed by atoms with Crippen molar-refractivity contribution >= 4 is 11.6 Å². The van der Waals surface area contributed by atoms with Gasteiger partial charge in [0, 0.05) is 6.54 Å². The van der Waals surface area contributed by atoms with E-state index in [0.717, 1.165) is 5.69 Å². The van der Waals surface area contributed by atoms with Crippen molar-refractivity contribution in [3.63, 3.8) is 0 Å². The Kier molecular flexibility index (Phi) is 3.80. The summed E-state index contributed by atoms with van der Waals surface area (Å²) < 4.78 is 5.31. The number of hydrogen-bond donors (Lipinski definition) is 1. The molecular formula is C15H21NO3. The monoisotopic (exact) mass is 263 g/mol. The molecule has 1 amide bonds. The maximum absolute atomic E-state index is 12.6. The molecule has 0 radical (unpaired) electrons. The Labute approximate surface area is 114 Å². The van der Waals surface area contributed by atoms with Gasteiger partial charge in [0.05, 0.1) is 24.3 Å². The van der Waals surface area contributed by atoms with Crippen LogP contribution in [0, 0.1) is 5.92 Å². The Morgan fingerprint density at radius 2 is 2.16 bits per heavy atom. The SMILES string of the molecule is CC[C@H]1C(=O)N(c2ccccc2OC)CC[C@@]1(C)O. The number of anilines is 1. The maximum Gasteiger partial charge on any atom is 0.233 e. The van der Waals surface area contributed by atoms with Crippen LogP contribution in [0.5, 0.6) is 5.75 Å². The van der Waals surface area contributed by atoms with Crippen LogP contribution >= 0.6 is 0 Å². The lowest BCUT2D eigenvalue weighted by Crippen LogP contribution is -2.54. The first-order valence-electron chi connectivity index (χ1n) is 6.68. The summed E-state index contributed by atoms with van der Waals surface area (Å²) in [5.74, 6) is 0.307. The van der Waals surface area contributed by atoms with Crippen LogP contribution in [0.3, 0.4) is 0 Å². The first-order chi connectivity index (χ1) is 9.01. The van der Waals surface area contributed by atoms with Gasteiger partial charge in [-0.3, -0.25) is 4.79 Å². The first kappa shape index (κ1) is 13.9. The molecule has 0 unspecified atom stereocenters. The molecule has 4 heteroatoms. The zero-order valence-corrected chi connectivity index (χ0v) is 11.7. The summed E-state index contributed by atoms with van der Waals surface area (Å²) in [7, 11) is 1.60. The summed E-state index contributed by atoms with van der Waals surface area (Å²) >= 11 is 0. The van der Waals surface area contributed by atoms with Crippen LogP contribution in [-0.2, 0) is 4.79 Å². The average molecular weight is 263 g/mol. The molecular weight excluding hydrogens is 242 g/mol. The Bertz CT molecular complexity index is 470. The number of methoxy groups -OCH3 is 1. The molecule has 104 valence electrons. The molecule has 0 bridgehead atoms. The molecule has 2 atom stereocenters. The number of amides is 1. The van der Waals surface area contributed by atoms with Crippen molar-refractivity contribution in [2.24, 2.45) is 5.92 Å². The normalized spacial score (nSPS) is 27.5. The second-order valence-corrected chi connectivity index (χ2v) is 5.23. The number of nitrogens with zero attached hydrogens (tertiary/aromatic N) is 1. The minimum Gasteiger partial charge on any atom is -0.495 e. The lowest BCUT2D eigenvalue weighted by Gasteiger charge is -2.41. The lowest BCUT2D eigenvalue weighted by molar-refractivity contribution is -0.135. The Morgan fingerprint density at radius 3 is 2.79 bits per heavy atom. The quantitative estimate of drug-likeness (QED) is 0.909. The van der Waals surface area contributed by atoms with E-state index < -0.39 is 5.60 Å². The summed E-state index contributed by atoms with van der Waals surface area (Å²) in [5, 5.41) is 10.3. The molecule has 0 aromatic heterocycles. The lowest BCUT2D eigenvalue weighted by atomic mass is 9.80. The van der Waals surface area contributed by atoms with Crippen molar-refractivity contribution in [1.29, 1.82) is 0 Å². The number of benzene rings is 1. The molecule has 1 aromatic carbocycles. The van der Waals surface area contributed by atoms with Crippen LogP contribution in [0.4, 0.5) is 5.69 Å². The van der Waals surface area contributed by atoms with Crippen molar-refractivity contribution in [3.05, 3.63) is 24.3 Å². The minimum atomic E-state index is -0.912. The van der Waals surface area contributed by atoms with E-state index in [-0.39, 0.29) is 11.8 Å². The molecule has 1 N–H and O–H groups in total. The summed E-state index contributed by atoms with van der Waals surface area (Å²) in [6, 6.07) is 7.49. The van der Waals surface area contributed by atoms with Crippen molar-refractivity contribution in [3.8, 4) is 5.75 Å².